The lowest BCUT2D eigenvalue weighted by atomic mass is 9.53. The molecule has 8 atom stereocenters. The van der Waals surface area contributed by atoms with Crippen molar-refractivity contribution in [3.05, 3.63) is 58.4 Å². The SMILES string of the molecule is CC(=O)O[C@@]1([C@@]23CC2(OC(=O)c2ccccc2)[C@]2(O)C[C@H](OC(=O)[C@H](O)[C@H](CC(C)C)NC(=O)OC(C)(C)C)C(C)=C(C(=O)C(O)=C3C)C2(C)C)CO[C@@H]1CCO. The zero-order valence-electron chi connectivity index (χ0n) is 34.4. The molecular weight excluding hydrogens is 742 g/mol. The number of hydrogen-bond acceptors (Lipinski definition) is 14. The van der Waals surface area contributed by atoms with Crippen LogP contribution < -0.4 is 5.32 Å². The van der Waals surface area contributed by atoms with Crippen molar-refractivity contribution in [3.8, 4) is 0 Å². The molecule has 1 aromatic carbocycles. The van der Waals surface area contributed by atoms with E-state index in [9.17, 15) is 44.4 Å². The Hall–Kier alpha value is -4.31. The van der Waals surface area contributed by atoms with Gasteiger partial charge in [0.05, 0.1) is 23.6 Å². The molecule has 5 rings (SSSR count). The molecule has 15 nitrogen and oxygen atoms in total. The van der Waals surface area contributed by atoms with Gasteiger partial charge in [-0.1, -0.05) is 45.9 Å². The fraction of sp³-hybridized carbons (Fsp3) is 0.643. The number of carbonyl (C=O) groups is 5. The van der Waals surface area contributed by atoms with Crippen molar-refractivity contribution in [1.29, 1.82) is 0 Å². The summed E-state index contributed by atoms with van der Waals surface area (Å²) < 4.78 is 29.8. The van der Waals surface area contributed by atoms with Crippen molar-refractivity contribution >= 4 is 29.8 Å². The second-order valence-corrected chi connectivity index (χ2v) is 17.8. The maximum Gasteiger partial charge on any atom is 0.407 e. The number of rotatable bonds is 12. The molecule has 2 fully saturated rings. The number of ether oxygens (including phenoxy) is 5. The lowest BCUT2D eigenvalue weighted by Crippen LogP contribution is -2.73. The second-order valence-electron chi connectivity index (χ2n) is 17.8. The van der Waals surface area contributed by atoms with Crippen molar-refractivity contribution in [1.82, 2.24) is 5.32 Å². The summed E-state index contributed by atoms with van der Waals surface area (Å²) in [5.74, 6) is -4.61. The van der Waals surface area contributed by atoms with Crippen LogP contribution in [-0.4, -0.2) is 110 Å². The highest BCUT2D eigenvalue weighted by Crippen LogP contribution is 2.80. The summed E-state index contributed by atoms with van der Waals surface area (Å²) in [6, 6.07) is 6.79. The fourth-order valence-electron chi connectivity index (χ4n) is 9.59. The average molecular weight is 800 g/mol. The molecule has 1 saturated heterocycles. The Morgan fingerprint density at radius 2 is 1.68 bits per heavy atom. The molecule has 1 saturated carbocycles. The number of esters is 3. The minimum atomic E-state index is -2.33. The summed E-state index contributed by atoms with van der Waals surface area (Å²) in [5.41, 5.74) is -10.4. The molecule has 0 radical (unpaired) electrons. The molecule has 15 heteroatoms. The highest BCUT2D eigenvalue weighted by Gasteiger charge is 2.93. The molecule has 0 aromatic heterocycles. The number of benzene rings is 1. The van der Waals surface area contributed by atoms with Gasteiger partial charge in [-0.2, -0.15) is 0 Å². The van der Waals surface area contributed by atoms with Crippen molar-refractivity contribution < 1.29 is 68.1 Å². The van der Waals surface area contributed by atoms with Crippen LogP contribution in [0.25, 0.3) is 0 Å². The van der Waals surface area contributed by atoms with E-state index in [0.717, 1.165) is 6.92 Å². The highest BCUT2D eigenvalue weighted by molar-refractivity contribution is 6.09. The number of nitrogens with one attached hydrogen (secondary N) is 1. The number of carbonyl (C=O) groups excluding carboxylic acids is 5. The Morgan fingerprint density at radius 3 is 2.21 bits per heavy atom. The van der Waals surface area contributed by atoms with Crippen LogP contribution in [0.15, 0.2) is 52.8 Å². The quantitative estimate of drug-likeness (QED) is 0.148. The van der Waals surface area contributed by atoms with Crippen LogP contribution in [0.5, 0.6) is 0 Å². The summed E-state index contributed by atoms with van der Waals surface area (Å²) in [6.45, 7) is 15.2. The molecule has 4 aliphatic rings. The van der Waals surface area contributed by atoms with Gasteiger partial charge in [-0.25, -0.2) is 14.4 Å². The van der Waals surface area contributed by atoms with Gasteiger partial charge in [-0.3, -0.25) is 9.59 Å². The Labute approximate surface area is 332 Å². The lowest BCUT2D eigenvalue weighted by molar-refractivity contribution is -0.296. The summed E-state index contributed by atoms with van der Waals surface area (Å²) >= 11 is 0. The third-order valence-corrected chi connectivity index (χ3v) is 12.2. The molecule has 1 aliphatic heterocycles. The standard InChI is InChI=1S/C42H57NO14/c1-22(2)18-27(43-36(51)57-37(6,7)8)32(47)35(50)54-28-19-41(52)38(9,10)30(23(28)3)33(48)31(46)24(4)39(40(55-25(5)45)21-53-29(40)16-17-44)20-42(39,41)56-34(49)26-14-12-11-13-15-26/h11-15,22,27-29,32,44,46-47,52H,16-21H2,1-10H3,(H,43,51)/t27-,28-,29+,32+,39-,40-,41-,42?/m0/s1. The van der Waals surface area contributed by atoms with Gasteiger partial charge in [-0.05, 0) is 70.2 Å². The Balaban J connectivity index is 1.69. The summed E-state index contributed by atoms with van der Waals surface area (Å²) in [6.07, 6.45) is -5.96. The van der Waals surface area contributed by atoms with Crippen LogP contribution in [0, 0.1) is 16.7 Å². The van der Waals surface area contributed by atoms with Crippen LogP contribution >= 0.6 is 0 Å². The number of amides is 1. The molecule has 1 amide bonds. The number of alkyl carbamates (subject to hydrolysis) is 1. The number of hydrogen-bond donors (Lipinski definition) is 5. The molecule has 5 N–H and O–H groups in total. The van der Waals surface area contributed by atoms with Crippen molar-refractivity contribution in [3.63, 3.8) is 0 Å². The second kappa shape index (κ2) is 15.1. The van der Waals surface area contributed by atoms with Crippen LogP contribution in [0.3, 0.4) is 0 Å². The first kappa shape index (κ1) is 43.8. The van der Waals surface area contributed by atoms with Crippen LogP contribution in [-0.2, 0) is 38.1 Å². The lowest BCUT2D eigenvalue weighted by Gasteiger charge is -2.59. The molecule has 1 aromatic rings. The van der Waals surface area contributed by atoms with Gasteiger partial charge in [0.15, 0.2) is 23.1 Å². The van der Waals surface area contributed by atoms with Gasteiger partial charge in [-0.15, -0.1) is 0 Å². The smallest absolute Gasteiger partial charge is 0.407 e. The Morgan fingerprint density at radius 1 is 1.05 bits per heavy atom. The number of aliphatic hydroxyl groups is 4. The average Bonchev–Trinajstić information content (AvgIpc) is 3.79. The fourth-order valence-corrected chi connectivity index (χ4v) is 9.59. The molecule has 3 aliphatic carbocycles. The van der Waals surface area contributed by atoms with Gasteiger partial charge < -0.3 is 49.4 Å². The van der Waals surface area contributed by atoms with Crippen LogP contribution in [0.2, 0.25) is 0 Å². The molecule has 1 heterocycles. The number of aliphatic hydroxyl groups excluding tert-OH is 3. The number of Topliss-reactive ketones (excluding diaryl/α,β-unsaturated/α-hetero) is 1. The topological polar surface area (TPSA) is 224 Å². The highest BCUT2D eigenvalue weighted by atomic mass is 16.6. The van der Waals surface area contributed by atoms with E-state index >= 15 is 0 Å². The van der Waals surface area contributed by atoms with E-state index in [1.807, 2.05) is 13.8 Å². The largest absolute Gasteiger partial charge is 0.504 e. The number of allylic oxidation sites excluding steroid dienone is 1. The molecular formula is C42H57NO14. The van der Waals surface area contributed by atoms with E-state index in [1.165, 1.54) is 26.0 Å². The predicted molar refractivity (Wildman–Crippen MR) is 202 cm³/mol. The first-order valence-corrected chi connectivity index (χ1v) is 19.3. The summed E-state index contributed by atoms with van der Waals surface area (Å²) in [7, 11) is 0. The number of fused-ring (bicyclic) bond motifs is 4. The van der Waals surface area contributed by atoms with Gasteiger partial charge in [0, 0.05) is 43.8 Å². The third kappa shape index (κ3) is 7.04. The first-order chi connectivity index (χ1) is 26.4. The molecule has 2 bridgehead atoms. The van der Waals surface area contributed by atoms with Gasteiger partial charge >= 0.3 is 24.0 Å². The summed E-state index contributed by atoms with van der Waals surface area (Å²) in [5, 5.41) is 49.6. The van der Waals surface area contributed by atoms with Gasteiger partial charge in [0.25, 0.3) is 0 Å². The molecule has 57 heavy (non-hydrogen) atoms. The Bertz CT molecular complexity index is 1860. The zero-order chi connectivity index (χ0) is 42.7. The molecule has 314 valence electrons. The van der Waals surface area contributed by atoms with E-state index in [-0.39, 0.29) is 54.1 Å². The first-order valence-electron chi connectivity index (χ1n) is 19.3. The van der Waals surface area contributed by atoms with Crippen LogP contribution in [0.4, 0.5) is 4.79 Å². The van der Waals surface area contributed by atoms with Crippen molar-refractivity contribution in [2.45, 2.75) is 142 Å². The predicted octanol–water partition coefficient (Wildman–Crippen LogP) is 4.16. The monoisotopic (exact) mass is 799 g/mol. The Kier molecular flexibility index (Phi) is 11.6. The minimum Gasteiger partial charge on any atom is -0.504 e. The minimum absolute atomic E-state index is 0.0318. The normalized spacial score (nSPS) is 31.5. The van der Waals surface area contributed by atoms with Crippen molar-refractivity contribution in [2.75, 3.05) is 13.2 Å². The zero-order valence-corrected chi connectivity index (χ0v) is 34.4. The number of ketones is 1. The van der Waals surface area contributed by atoms with Crippen molar-refractivity contribution in [2.24, 2.45) is 16.7 Å². The van der Waals surface area contributed by atoms with E-state index in [1.54, 1.807) is 52.8 Å². The van der Waals surface area contributed by atoms with E-state index in [0.29, 0.717) is 0 Å². The maximum absolute atomic E-state index is 14.6. The molecule has 1 unspecified atom stereocenters. The van der Waals surface area contributed by atoms with E-state index < -0.39 is 106 Å². The van der Waals surface area contributed by atoms with E-state index in [4.69, 9.17) is 23.7 Å². The third-order valence-electron chi connectivity index (χ3n) is 12.2. The summed E-state index contributed by atoms with van der Waals surface area (Å²) in [4.78, 5) is 68.5. The van der Waals surface area contributed by atoms with Gasteiger partial charge in [0.2, 0.25) is 5.78 Å². The van der Waals surface area contributed by atoms with E-state index in [2.05, 4.69) is 5.32 Å². The molecule has 0 spiro atoms. The van der Waals surface area contributed by atoms with Gasteiger partial charge in [0.1, 0.15) is 23.4 Å². The van der Waals surface area contributed by atoms with Crippen LogP contribution in [0.1, 0.15) is 105 Å². The maximum atomic E-state index is 14.6.